The standard InChI is InChI=1S/C13H11BrF2S/c1-2-9-4-6-12(17-9)13(14)10-5-3-8(15)7-11(10)16/h3-7,13H,2H2,1H3. The van der Waals surface area contributed by atoms with E-state index in [9.17, 15) is 8.78 Å². The molecule has 0 amide bonds. The SMILES string of the molecule is CCc1ccc(C(Br)c2ccc(F)cc2F)s1. The molecule has 1 unspecified atom stereocenters. The van der Waals surface area contributed by atoms with Crippen molar-refractivity contribution >= 4 is 27.3 Å². The molecule has 0 nitrogen and oxygen atoms in total. The number of thiophene rings is 1. The summed E-state index contributed by atoms with van der Waals surface area (Å²) in [5.74, 6) is -1.07. The average Bonchev–Trinajstić information content (AvgIpc) is 2.76. The zero-order valence-corrected chi connectivity index (χ0v) is 11.6. The van der Waals surface area contributed by atoms with Gasteiger partial charge in [-0.15, -0.1) is 11.3 Å². The third kappa shape index (κ3) is 2.75. The molecule has 90 valence electrons. The van der Waals surface area contributed by atoms with E-state index in [2.05, 4.69) is 22.9 Å². The van der Waals surface area contributed by atoms with Crippen LogP contribution >= 0.6 is 27.3 Å². The van der Waals surface area contributed by atoms with E-state index >= 15 is 0 Å². The van der Waals surface area contributed by atoms with E-state index in [1.165, 1.54) is 17.0 Å². The van der Waals surface area contributed by atoms with Gasteiger partial charge >= 0.3 is 0 Å². The first-order valence-electron chi connectivity index (χ1n) is 5.29. The van der Waals surface area contributed by atoms with Crippen LogP contribution in [0.3, 0.4) is 0 Å². The Morgan fingerprint density at radius 1 is 1.24 bits per heavy atom. The molecule has 0 saturated carbocycles. The van der Waals surface area contributed by atoms with Crippen molar-refractivity contribution in [3.63, 3.8) is 0 Å². The molecule has 0 spiro atoms. The molecule has 2 aromatic rings. The van der Waals surface area contributed by atoms with Gasteiger partial charge in [-0.05, 0) is 24.6 Å². The third-order valence-electron chi connectivity index (χ3n) is 2.52. The lowest BCUT2D eigenvalue weighted by molar-refractivity contribution is 0.574. The molecule has 0 radical (unpaired) electrons. The zero-order chi connectivity index (χ0) is 12.4. The molecule has 0 bridgehead atoms. The summed E-state index contributed by atoms with van der Waals surface area (Å²) in [4.78, 5) is 2.08. The Hall–Kier alpha value is -0.740. The van der Waals surface area contributed by atoms with Crippen molar-refractivity contribution in [2.24, 2.45) is 0 Å². The first kappa shape index (κ1) is 12.7. The highest BCUT2D eigenvalue weighted by molar-refractivity contribution is 9.09. The number of aryl methyl sites for hydroxylation is 1. The Labute approximate surface area is 111 Å². The largest absolute Gasteiger partial charge is 0.207 e. The maximum atomic E-state index is 13.6. The molecule has 1 heterocycles. The van der Waals surface area contributed by atoms with Crippen molar-refractivity contribution in [1.82, 2.24) is 0 Å². The summed E-state index contributed by atoms with van der Waals surface area (Å²) in [5.41, 5.74) is 0.468. The van der Waals surface area contributed by atoms with Crippen LogP contribution in [-0.2, 0) is 6.42 Å². The smallest absolute Gasteiger partial charge is 0.130 e. The van der Waals surface area contributed by atoms with Gasteiger partial charge in [0.2, 0.25) is 0 Å². The van der Waals surface area contributed by atoms with Crippen LogP contribution < -0.4 is 0 Å². The molecular weight excluding hydrogens is 306 g/mol. The van der Waals surface area contributed by atoms with Crippen LogP contribution in [-0.4, -0.2) is 0 Å². The van der Waals surface area contributed by atoms with E-state index in [1.807, 2.05) is 12.1 Å². The second-order valence-electron chi connectivity index (χ2n) is 3.69. The van der Waals surface area contributed by atoms with Gasteiger partial charge in [0.15, 0.2) is 0 Å². The Bertz CT molecular complexity index is 522. The van der Waals surface area contributed by atoms with Gasteiger partial charge in [-0.2, -0.15) is 0 Å². The Morgan fingerprint density at radius 2 is 2.00 bits per heavy atom. The second-order valence-corrected chi connectivity index (χ2v) is 5.80. The molecule has 1 atom stereocenters. The molecule has 0 fully saturated rings. The minimum absolute atomic E-state index is 0.214. The van der Waals surface area contributed by atoms with Crippen LogP contribution in [0.15, 0.2) is 30.3 Å². The third-order valence-corrected chi connectivity index (χ3v) is 5.10. The molecule has 1 aromatic heterocycles. The van der Waals surface area contributed by atoms with Crippen LogP contribution in [0.25, 0.3) is 0 Å². The molecule has 1 aromatic carbocycles. The quantitative estimate of drug-likeness (QED) is 0.693. The van der Waals surface area contributed by atoms with Crippen LogP contribution in [0.1, 0.15) is 27.1 Å². The lowest BCUT2D eigenvalue weighted by Gasteiger charge is -2.09. The fourth-order valence-corrected chi connectivity index (χ4v) is 3.34. The minimum Gasteiger partial charge on any atom is -0.207 e. The first-order chi connectivity index (χ1) is 8.11. The van der Waals surface area contributed by atoms with E-state index in [4.69, 9.17) is 0 Å². The Kier molecular flexibility index (Phi) is 3.94. The number of hydrogen-bond donors (Lipinski definition) is 0. The maximum absolute atomic E-state index is 13.6. The van der Waals surface area contributed by atoms with Gasteiger partial charge in [0.25, 0.3) is 0 Å². The summed E-state index contributed by atoms with van der Waals surface area (Å²) in [6, 6.07) is 7.69. The normalized spacial score (nSPS) is 12.7. The predicted octanol–water partition coefficient (Wildman–Crippen LogP) is 5.07. The Balaban J connectivity index is 2.33. The van der Waals surface area contributed by atoms with Crippen molar-refractivity contribution in [3.05, 3.63) is 57.3 Å². The monoisotopic (exact) mass is 316 g/mol. The van der Waals surface area contributed by atoms with Gasteiger partial charge < -0.3 is 0 Å². The number of benzene rings is 1. The summed E-state index contributed by atoms with van der Waals surface area (Å²) in [5, 5.41) is 0. The highest BCUT2D eigenvalue weighted by Gasteiger charge is 2.17. The Morgan fingerprint density at radius 3 is 2.59 bits per heavy atom. The molecule has 0 N–H and O–H groups in total. The molecule has 2 rings (SSSR count). The van der Waals surface area contributed by atoms with Crippen molar-refractivity contribution < 1.29 is 8.78 Å². The molecule has 0 saturated heterocycles. The van der Waals surface area contributed by atoms with E-state index in [0.29, 0.717) is 5.56 Å². The number of hydrogen-bond acceptors (Lipinski definition) is 1. The molecule has 17 heavy (non-hydrogen) atoms. The predicted molar refractivity (Wildman–Crippen MR) is 70.8 cm³/mol. The number of halogens is 3. The number of alkyl halides is 1. The topological polar surface area (TPSA) is 0 Å². The number of rotatable bonds is 3. The second kappa shape index (κ2) is 5.27. The summed E-state index contributed by atoms with van der Waals surface area (Å²) in [7, 11) is 0. The van der Waals surface area contributed by atoms with Crippen LogP contribution in [0, 0.1) is 11.6 Å². The maximum Gasteiger partial charge on any atom is 0.130 e. The summed E-state index contributed by atoms with van der Waals surface area (Å²) in [6.07, 6.45) is 0.969. The summed E-state index contributed by atoms with van der Waals surface area (Å²) in [6.45, 7) is 2.08. The van der Waals surface area contributed by atoms with Crippen LogP contribution in [0.2, 0.25) is 0 Å². The highest BCUT2D eigenvalue weighted by atomic mass is 79.9. The fourth-order valence-electron chi connectivity index (χ4n) is 1.58. The van der Waals surface area contributed by atoms with Gasteiger partial charge in [0.1, 0.15) is 11.6 Å². The van der Waals surface area contributed by atoms with E-state index in [0.717, 1.165) is 17.4 Å². The molecule has 4 heteroatoms. The molecular formula is C13H11BrF2S. The first-order valence-corrected chi connectivity index (χ1v) is 7.02. The van der Waals surface area contributed by atoms with Crippen LogP contribution in [0.4, 0.5) is 8.78 Å². The van der Waals surface area contributed by atoms with Crippen molar-refractivity contribution in [2.75, 3.05) is 0 Å². The summed E-state index contributed by atoms with van der Waals surface area (Å²) < 4.78 is 26.4. The van der Waals surface area contributed by atoms with Crippen molar-refractivity contribution in [1.29, 1.82) is 0 Å². The lowest BCUT2D eigenvalue weighted by atomic mass is 10.1. The van der Waals surface area contributed by atoms with Gasteiger partial charge in [-0.25, -0.2) is 8.78 Å². The lowest BCUT2D eigenvalue weighted by Crippen LogP contribution is -1.95. The van der Waals surface area contributed by atoms with Gasteiger partial charge in [0, 0.05) is 21.4 Å². The van der Waals surface area contributed by atoms with Gasteiger partial charge in [0.05, 0.1) is 4.83 Å². The fraction of sp³-hybridized carbons (Fsp3) is 0.231. The van der Waals surface area contributed by atoms with Crippen molar-refractivity contribution in [2.45, 2.75) is 18.2 Å². The van der Waals surface area contributed by atoms with E-state index in [-0.39, 0.29) is 4.83 Å². The van der Waals surface area contributed by atoms with Gasteiger partial charge in [-0.3, -0.25) is 0 Å². The average molecular weight is 317 g/mol. The van der Waals surface area contributed by atoms with E-state index < -0.39 is 11.6 Å². The molecule has 0 aliphatic heterocycles. The minimum atomic E-state index is -0.550. The van der Waals surface area contributed by atoms with Gasteiger partial charge in [-0.1, -0.05) is 28.9 Å². The van der Waals surface area contributed by atoms with E-state index in [1.54, 1.807) is 11.3 Å². The molecule has 0 aliphatic rings. The zero-order valence-electron chi connectivity index (χ0n) is 9.21. The van der Waals surface area contributed by atoms with Crippen molar-refractivity contribution in [3.8, 4) is 0 Å². The summed E-state index contributed by atoms with van der Waals surface area (Å²) >= 11 is 5.10. The highest BCUT2D eigenvalue weighted by Crippen LogP contribution is 2.36. The van der Waals surface area contributed by atoms with Crippen LogP contribution in [0.5, 0.6) is 0 Å². The molecule has 0 aliphatic carbocycles.